The Morgan fingerprint density at radius 3 is 2.48 bits per heavy atom. The van der Waals surface area contributed by atoms with E-state index >= 15 is 0 Å². The lowest BCUT2D eigenvalue weighted by Crippen LogP contribution is -2.23. The van der Waals surface area contributed by atoms with E-state index in [2.05, 4.69) is 5.32 Å². The molecule has 0 saturated heterocycles. The van der Waals surface area contributed by atoms with Gasteiger partial charge in [0.05, 0.1) is 11.1 Å². The van der Waals surface area contributed by atoms with E-state index in [1.807, 2.05) is 13.8 Å². The molecule has 0 heterocycles. The fourth-order valence-corrected chi connectivity index (χ4v) is 2.24. The molecule has 0 aliphatic rings. The van der Waals surface area contributed by atoms with Crippen molar-refractivity contribution < 1.29 is 14.3 Å². The molecule has 6 heteroatoms. The quantitative estimate of drug-likeness (QED) is 0.770. The van der Waals surface area contributed by atoms with Gasteiger partial charge >= 0.3 is 5.97 Å². The molecular formula is C15H21Cl2NO3. The van der Waals surface area contributed by atoms with Crippen LogP contribution in [0.2, 0.25) is 10.0 Å². The maximum atomic E-state index is 11.6. The molecule has 1 aromatic carbocycles. The molecular weight excluding hydrogens is 313 g/mol. The summed E-state index contributed by atoms with van der Waals surface area (Å²) in [5.74, 6) is 0.0220. The minimum atomic E-state index is -0.432. The second-order valence-electron chi connectivity index (χ2n) is 5.24. The minimum absolute atomic E-state index is 0.177. The van der Waals surface area contributed by atoms with Crippen LogP contribution in [0.4, 0.5) is 0 Å². The van der Waals surface area contributed by atoms with Gasteiger partial charge < -0.3 is 14.8 Å². The standard InChI is InChI=1S/C15H21Cl2NO3/c1-9(2)18-7-11-5-12(16)6-13(17)15(11)20-8-14(19)21-10(3)4/h5-6,9-10,18H,7-8H2,1-4H3. The van der Waals surface area contributed by atoms with Crippen LogP contribution < -0.4 is 10.1 Å². The normalized spacial score (nSPS) is 11.0. The Labute approximate surface area is 135 Å². The second kappa shape index (κ2) is 8.47. The van der Waals surface area contributed by atoms with E-state index in [1.54, 1.807) is 26.0 Å². The van der Waals surface area contributed by atoms with Gasteiger partial charge in [0.15, 0.2) is 6.61 Å². The van der Waals surface area contributed by atoms with Crippen molar-refractivity contribution >= 4 is 29.2 Å². The van der Waals surface area contributed by atoms with Gasteiger partial charge in [0, 0.05) is 23.2 Å². The molecule has 0 aliphatic carbocycles. The summed E-state index contributed by atoms with van der Waals surface area (Å²) in [6.07, 6.45) is -0.177. The number of ether oxygens (including phenoxy) is 2. The number of carbonyl (C=O) groups excluding carboxylic acids is 1. The molecule has 0 amide bonds. The molecule has 0 aliphatic heterocycles. The van der Waals surface area contributed by atoms with E-state index in [9.17, 15) is 4.79 Å². The summed E-state index contributed by atoms with van der Waals surface area (Å²) in [7, 11) is 0. The third kappa shape index (κ3) is 6.55. The fraction of sp³-hybridized carbons (Fsp3) is 0.533. The molecule has 0 aromatic heterocycles. The van der Waals surface area contributed by atoms with Crippen molar-refractivity contribution in [1.29, 1.82) is 0 Å². The van der Waals surface area contributed by atoms with Gasteiger partial charge in [-0.2, -0.15) is 0 Å². The average Bonchev–Trinajstić information content (AvgIpc) is 2.33. The van der Waals surface area contributed by atoms with Crippen LogP contribution in [0, 0.1) is 0 Å². The highest BCUT2D eigenvalue weighted by Gasteiger charge is 2.14. The summed E-state index contributed by atoms with van der Waals surface area (Å²) in [6, 6.07) is 3.67. The molecule has 0 fully saturated rings. The summed E-state index contributed by atoms with van der Waals surface area (Å²) in [6.45, 7) is 8.00. The van der Waals surface area contributed by atoms with Crippen molar-refractivity contribution in [2.75, 3.05) is 6.61 Å². The Morgan fingerprint density at radius 2 is 1.90 bits per heavy atom. The van der Waals surface area contributed by atoms with Crippen LogP contribution in [0.5, 0.6) is 5.75 Å². The van der Waals surface area contributed by atoms with E-state index < -0.39 is 5.97 Å². The van der Waals surface area contributed by atoms with Crippen LogP contribution in [0.25, 0.3) is 0 Å². The van der Waals surface area contributed by atoms with Gasteiger partial charge in [-0.15, -0.1) is 0 Å². The molecule has 1 aromatic rings. The van der Waals surface area contributed by atoms with Crippen LogP contribution in [-0.4, -0.2) is 24.7 Å². The van der Waals surface area contributed by atoms with E-state index in [-0.39, 0.29) is 12.7 Å². The monoisotopic (exact) mass is 333 g/mol. The van der Waals surface area contributed by atoms with Crippen LogP contribution in [0.15, 0.2) is 12.1 Å². The zero-order valence-electron chi connectivity index (χ0n) is 12.7. The van der Waals surface area contributed by atoms with Gasteiger partial charge in [0.1, 0.15) is 5.75 Å². The smallest absolute Gasteiger partial charge is 0.344 e. The first-order valence-corrected chi connectivity index (χ1v) is 7.58. The number of halogens is 2. The first kappa shape index (κ1) is 18.1. The molecule has 1 rings (SSSR count). The van der Waals surface area contributed by atoms with Gasteiger partial charge in [-0.25, -0.2) is 4.79 Å². The first-order chi connectivity index (χ1) is 9.79. The molecule has 118 valence electrons. The Bertz CT molecular complexity index is 490. The zero-order chi connectivity index (χ0) is 16.0. The highest BCUT2D eigenvalue weighted by molar-refractivity contribution is 6.35. The number of esters is 1. The average molecular weight is 334 g/mol. The molecule has 0 saturated carbocycles. The van der Waals surface area contributed by atoms with E-state index in [0.29, 0.717) is 28.4 Å². The van der Waals surface area contributed by atoms with Gasteiger partial charge in [-0.3, -0.25) is 0 Å². The maximum Gasteiger partial charge on any atom is 0.344 e. The predicted molar refractivity (Wildman–Crippen MR) is 85.2 cm³/mol. The van der Waals surface area contributed by atoms with Crippen LogP contribution in [0.3, 0.4) is 0 Å². The van der Waals surface area contributed by atoms with Crippen molar-refractivity contribution in [2.45, 2.75) is 46.4 Å². The SMILES string of the molecule is CC(C)NCc1cc(Cl)cc(Cl)c1OCC(=O)OC(C)C. The fourth-order valence-electron chi connectivity index (χ4n) is 1.65. The second-order valence-corrected chi connectivity index (χ2v) is 6.08. The third-order valence-electron chi connectivity index (χ3n) is 2.49. The zero-order valence-corrected chi connectivity index (χ0v) is 14.2. The van der Waals surface area contributed by atoms with Crippen LogP contribution in [0.1, 0.15) is 33.3 Å². The van der Waals surface area contributed by atoms with E-state index in [1.165, 1.54) is 0 Å². The van der Waals surface area contributed by atoms with Crippen molar-refractivity contribution in [3.63, 3.8) is 0 Å². The lowest BCUT2D eigenvalue weighted by molar-refractivity contribution is -0.149. The number of hydrogen-bond donors (Lipinski definition) is 1. The van der Waals surface area contributed by atoms with Crippen molar-refractivity contribution in [2.24, 2.45) is 0 Å². The Balaban J connectivity index is 2.81. The number of benzene rings is 1. The highest BCUT2D eigenvalue weighted by atomic mass is 35.5. The largest absolute Gasteiger partial charge is 0.480 e. The van der Waals surface area contributed by atoms with Gasteiger partial charge in [0.2, 0.25) is 0 Å². The topological polar surface area (TPSA) is 47.6 Å². The van der Waals surface area contributed by atoms with Crippen molar-refractivity contribution in [1.82, 2.24) is 5.32 Å². The third-order valence-corrected chi connectivity index (χ3v) is 2.99. The molecule has 21 heavy (non-hydrogen) atoms. The minimum Gasteiger partial charge on any atom is -0.480 e. The van der Waals surface area contributed by atoms with Gasteiger partial charge in [0.25, 0.3) is 0 Å². The van der Waals surface area contributed by atoms with Crippen molar-refractivity contribution in [3.8, 4) is 5.75 Å². The first-order valence-electron chi connectivity index (χ1n) is 6.83. The molecule has 0 atom stereocenters. The summed E-state index contributed by atoms with van der Waals surface area (Å²) < 4.78 is 10.5. The van der Waals surface area contributed by atoms with E-state index in [0.717, 1.165) is 5.56 Å². The summed E-state index contributed by atoms with van der Waals surface area (Å²) in [5, 5.41) is 4.16. The van der Waals surface area contributed by atoms with Crippen LogP contribution in [-0.2, 0) is 16.1 Å². The lowest BCUT2D eigenvalue weighted by atomic mass is 10.2. The van der Waals surface area contributed by atoms with Gasteiger partial charge in [-0.05, 0) is 26.0 Å². The Kier molecular flexibility index (Phi) is 7.29. The molecule has 0 radical (unpaired) electrons. The Hall–Kier alpha value is -0.970. The molecule has 1 N–H and O–H groups in total. The lowest BCUT2D eigenvalue weighted by Gasteiger charge is -2.16. The Morgan fingerprint density at radius 1 is 1.24 bits per heavy atom. The maximum absolute atomic E-state index is 11.6. The molecule has 0 bridgehead atoms. The predicted octanol–water partition coefficient (Wildman–Crippen LogP) is 3.82. The number of carbonyl (C=O) groups is 1. The highest BCUT2D eigenvalue weighted by Crippen LogP contribution is 2.32. The number of rotatable bonds is 7. The summed E-state index contributed by atoms with van der Waals surface area (Å²) >= 11 is 12.2. The molecule has 0 unspecified atom stereocenters. The van der Waals surface area contributed by atoms with Gasteiger partial charge in [-0.1, -0.05) is 37.0 Å². The molecule has 4 nitrogen and oxygen atoms in total. The van der Waals surface area contributed by atoms with Crippen molar-refractivity contribution in [3.05, 3.63) is 27.7 Å². The summed E-state index contributed by atoms with van der Waals surface area (Å²) in [5.41, 5.74) is 0.804. The number of nitrogens with one attached hydrogen (secondary N) is 1. The van der Waals surface area contributed by atoms with E-state index in [4.69, 9.17) is 32.7 Å². The summed E-state index contributed by atoms with van der Waals surface area (Å²) in [4.78, 5) is 11.6. The molecule has 0 spiro atoms. The number of hydrogen-bond acceptors (Lipinski definition) is 4. The van der Waals surface area contributed by atoms with Crippen LogP contribution >= 0.6 is 23.2 Å².